The molecule has 1 amide bonds. The number of ether oxygens (including phenoxy) is 2. The Hall–Kier alpha value is -3.26. The van der Waals surface area contributed by atoms with Gasteiger partial charge in [0.2, 0.25) is 5.75 Å². The summed E-state index contributed by atoms with van der Waals surface area (Å²) in [7, 11) is 1.55. The molecule has 1 N–H and O–H groups in total. The van der Waals surface area contributed by atoms with Gasteiger partial charge in [0.15, 0.2) is 0 Å². The molecule has 2 rings (SSSR count). The quantitative estimate of drug-likeness (QED) is 0.327. The number of nitro benzene ring substituents is 1. The number of hydrogen-bond acceptors (Lipinski definition) is 6. The first-order valence-electron chi connectivity index (χ1n) is 9.68. The third-order valence-corrected chi connectivity index (χ3v) is 4.57. The van der Waals surface area contributed by atoms with Gasteiger partial charge in [-0.25, -0.2) is 0 Å². The third kappa shape index (κ3) is 6.66. The molecule has 0 radical (unpaired) electrons. The number of amides is 1. The lowest BCUT2D eigenvalue weighted by molar-refractivity contribution is -0.385. The molecule has 0 bridgehead atoms. The number of Topliss-reactive ketones (excluding diaryl/α,β-unsaturated/α-hetero) is 1. The van der Waals surface area contributed by atoms with Gasteiger partial charge in [-0.3, -0.25) is 14.9 Å². The van der Waals surface area contributed by atoms with Crippen LogP contribution in [0.4, 0.5) is 5.69 Å². The van der Waals surface area contributed by atoms with Gasteiger partial charge in [0.1, 0.15) is 11.5 Å². The molecule has 0 aliphatic heterocycles. The van der Waals surface area contributed by atoms with Crippen LogP contribution in [0.3, 0.4) is 0 Å². The lowest BCUT2D eigenvalue weighted by atomic mass is 10.1. The minimum atomic E-state index is -0.520. The fraction of sp³-hybridized carbons (Fsp3) is 0.364. The molecule has 0 fully saturated rings. The van der Waals surface area contributed by atoms with E-state index in [2.05, 4.69) is 5.32 Å². The maximum absolute atomic E-state index is 12.3. The van der Waals surface area contributed by atoms with E-state index in [1.54, 1.807) is 44.4 Å². The summed E-state index contributed by atoms with van der Waals surface area (Å²) >= 11 is 0. The molecule has 0 aliphatic carbocycles. The lowest BCUT2D eigenvalue weighted by Gasteiger charge is -2.13. The molecule has 2 aromatic carbocycles. The van der Waals surface area contributed by atoms with Crippen molar-refractivity contribution >= 4 is 17.4 Å². The summed E-state index contributed by atoms with van der Waals surface area (Å²) in [6.45, 7) is 3.83. The highest BCUT2D eigenvalue weighted by atomic mass is 16.6. The zero-order valence-corrected chi connectivity index (χ0v) is 17.3. The highest BCUT2D eigenvalue weighted by Crippen LogP contribution is 2.34. The minimum absolute atomic E-state index is 0.0724. The van der Waals surface area contributed by atoms with Crippen LogP contribution in [0.2, 0.25) is 0 Å². The summed E-state index contributed by atoms with van der Waals surface area (Å²) in [5.41, 5.74) is 0.933. The summed E-state index contributed by atoms with van der Waals surface area (Å²) in [5, 5.41) is 14.2. The average molecular weight is 414 g/mol. The highest BCUT2D eigenvalue weighted by Gasteiger charge is 2.19. The van der Waals surface area contributed by atoms with Gasteiger partial charge in [-0.1, -0.05) is 6.07 Å². The van der Waals surface area contributed by atoms with Crippen molar-refractivity contribution in [3.8, 4) is 11.5 Å². The van der Waals surface area contributed by atoms with E-state index in [1.807, 2.05) is 6.92 Å². The largest absolute Gasteiger partial charge is 0.450 e. The summed E-state index contributed by atoms with van der Waals surface area (Å²) < 4.78 is 11.0. The number of benzene rings is 2. The molecule has 0 aromatic heterocycles. The number of methoxy groups -OCH3 is 1. The molecular formula is C22H26N2O6. The van der Waals surface area contributed by atoms with E-state index in [1.165, 1.54) is 12.1 Å². The van der Waals surface area contributed by atoms with E-state index >= 15 is 0 Å². The molecular weight excluding hydrogens is 388 g/mol. The molecule has 2 aromatic rings. The predicted octanol–water partition coefficient (Wildman–Crippen LogP) is 4.58. The van der Waals surface area contributed by atoms with Crippen molar-refractivity contribution in [3.63, 3.8) is 0 Å². The molecule has 0 heterocycles. The molecule has 0 saturated heterocycles. The molecule has 8 nitrogen and oxygen atoms in total. The highest BCUT2D eigenvalue weighted by molar-refractivity contribution is 5.94. The van der Waals surface area contributed by atoms with Gasteiger partial charge in [-0.15, -0.1) is 0 Å². The van der Waals surface area contributed by atoms with Crippen molar-refractivity contribution in [1.29, 1.82) is 0 Å². The van der Waals surface area contributed by atoms with E-state index < -0.39 is 4.92 Å². The number of rotatable bonds is 11. The fourth-order valence-corrected chi connectivity index (χ4v) is 2.78. The molecule has 0 aliphatic rings. The van der Waals surface area contributed by atoms with Crippen LogP contribution in [0.5, 0.6) is 11.5 Å². The van der Waals surface area contributed by atoms with Crippen LogP contribution in [0.1, 0.15) is 55.1 Å². The Balaban J connectivity index is 2.11. The van der Waals surface area contributed by atoms with Gasteiger partial charge in [0.05, 0.1) is 11.0 Å². The second kappa shape index (κ2) is 11.1. The van der Waals surface area contributed by atoms with Crippen LogP contribution in [-0.2, 0) is 9.53 Å². The summed E-state index contributed by atoms with van der Waals surface area (Å²) in [5.74, 6) is 0.233. The van der Waals surface area contributed by atoms with E-state index in [4.69, 9.17) is 9.47 Å². The van der Waals surface area contributed by atoms with Crippen molar-refractivity contribution in [3.05, 3.63) is 63.7 Å². The van der Waals surface area contributed by atoms with Crippen LogP contribution in [0.15, 0.2) is 42.5 Å². The van der Waals surface area contributed by atoms with Crippen LogP contribution >= 0.6 is 0 Å². The number of carbonyl (C=O) groups excluding carboxylic acids is 2. The number of carbonyl (C=O) groups is 2. The predicted molar refractivity (Wildman–Crippen MR) is 112 cm³/mol. The Labute approximate surface area is 175 Å². The number of nitrogens with one attached hydrogen (secondary N) is 1. The third-order valence-electron chi connectivity index (χ3n) is 4.57. The molecule has 8 heteroatoms. The number of hydrogen-bond donors (Lipinski definition) is 1. The van der Waals surface area contributed by atoms with Gasteiger partial charge >= 0.3 is 5.69 Å². The first-order chi connectivity index (χ1) is 14.3. The van der Waals surface area contributed by atoms with Crippen molar-refractivity contribution in [2.45, 2.75) is 39.2 Å². The van der Waals surface area contributed by atoms with Gasteiger partial charge in [0, 0.05) is 31.7 Å². The van der Waals surface area contributed by atoms with Crippen LogP contribution in [0.25, 0.3) is 0 Å². The average Bonchev–Trinajstić information content (AvgIpc) is 2.72. The van der Waals surface area contributed by atoms with E-state index in [9.17, 15) is 19.7 Å². The number of nitrogens with zero attached hydrogens (tertiary/aromatic N) is 1. The van der Waals surface area contributed by atoms with Crippen molar-refractivity contribution in [2.24, 2.45) is 0 Å². The lowest BCUT2D eigenvalue weighted by Crippen LogP contribution is -2.24. The summed E-state index contributed by atoms with van der Waals surface area (Å²) in [6.07, 6.45) is 1.67. The Morgan fingerprint density at radius 2 is 1.93 bits per heavy atom. The second-order valence-corrected chi connectivity index (χ2v) is 6.91. The van der Waals surface area contributed by atoms with Crippen molar-refractivity contribution < 1.29 is 24.0 Å². The standard InChI is InChI=1S/C22H26N2O6/c1-15(25)7-4-5-12-23-22(26)18-8-6-9-19(13-18)30-21-14-17(16(2)29-3)10-11-20(21)24(27)28/h6,8-11,13-14,16H,4-5,7,12H2,1-3H3,(H,23,26). The minimum Gasteiger partial charge on any atom is -0.450 e. The molecule has 0 spiro atoms. The van der Waals surface area contributed by atoms with Crippen LogP contribution in [-0.4, -0.2) is 30.3 Å². The first-order valence-corrected chi connectivity index (χ1v) is 9.68. The maximum Gasteiger partial charge on any atom is 0.311 e. The Morgan fingerprint density at radius 3 is 2.60 bits per heavy atom. The van der Waals surface area contributed by atoms with Crippen molar-refractivity contribution in [2.75, 3.05) is 13.7 Å². The normalized spacial score (nSPS) is 11.6. The SMILES string of the molecule is COC(C)c1ccc([N+](=O)[O-])c(Oc2cccc(C(=O)NCCCCC(C)=O)c2)c1. The Morgan fingerprint density at radius 1 is 1.17 bits per heavy atom. The number of ketones is 1. The smallest absolute Gasteiger partial charge is 0.311 e. The van der Waals surface area contributed by atoms with Crippen molar-refractivity contribution in [1.82, 2.24) is 5.32 Å². The fourth-order valence-electron chi connectivity index (χ4n) is 2.78. The van der Waals surface area contributed by atoms with E-state index in [-0.39, 0.29) is 29.2 Å². The number of nitro groups is 1. The molecule has 0 saturated carbocycles. The molecule has 1 unspecified atom stereocenters. The summed E-state index contributed by atoms with van der Waals surface area (Å²) in [6, 6.07) is 11.0. The zero-order chi connectivity index (χ0) is 22.1. The monoisotopic (exact) mass is 414 g/mol. The van der Waals surface area contributed by atoms with Gasteiger partial charge in [-0.2, -0.15) is 0 Å². The molecule has 1 atom stereocenters. The maximum atomic E-state index is 12.3. The van der Waals surface area contributed by atoms with Gasteiger partial charge in [0.25, 0.3) is 5.91 Å². The Kier molecular flexibility index (Phi) is 8.49. The van der Waals surface area contributed by atoms with E-state index in [0.29, 0.717) is 30.7 Å². The second-order valence-electron chi connectivity index (χ2n) is 6.91. The topological polar surface area (TPSA) is 108 Å². The van der Waals surface area contributed by atoms with Gasteiger partial charge in [-0.05, 0) is 62.6 Å². The first kappa shape index (κ1) is 23.0. The van der Waals surface area contributed by atoms with Crippen LogP contribution < -0.4 is 10.1 Å². The summed E-state index contributed by atoms with van der Waals surface area (Å²) in [4.78, 5) is 34.1. The Bertz CT molecular complexity index is 912. The van der Waals surface area contributed by atoms with Crippen LogP contribution in [0, 0.1) is 10.1 Å². The zero-order valence-electron chi connectivity index (χ0n) is 17.3. The van der Waals surface area contributed by atoms with Gasteiger partial charge < -0.3 is 19.6 Å². The molecule has 30 heavy (non-hydrogen) atoms. The van der Waals surface area contributed by atoms with E-state index in [0.717, 1.165) is 12.0 Å². The molecule has 160 valence electrons. The number of unbranched alkanes of at least 4 members (excludes halogenated alkanes) is 1.